The molecule has 2 heteroatoms. The van der Waals surface area contributed by atoms with Gasteiger partial charge < -0.3 is 9.80 Å². The molecule has 1 aliphatic heterocycles. The second kappa shape index (κ2) is 10.2. The second-order valence-electron chi connectivity index (χ2n) is 5.89. The molecular formula is C17H34N2. The third-order valence-corrected chi connectivity index (χ3v) is 4.28. The Kier molecular flexibility index (Phi) is 8.77. The van der Waals surface area contributed by atoms with Gasteiger partial charge in [0.15, 0.2) is 0 Å². The Labute approximate surface area is 120 Å². The van der Waals surface area contributed by atoms with Gasteiger partial charge in [-0.2, -0.15) is 0 Å². The standard InChI is InChI=1S/C17H34N2/c1-4-6-7-8-9-10-11-12-13-14-17-18(3)15-16-19(17)5-2/h15-17H,4-14H2,1-3H3. The molecule has 0 aromatic carbocycles. The van der Waals surface area contributed by atoms with Gasteiger partial charge in [-0.05, 0) is 19.8 Å². The van der Waals surface area contributed by atoms with E-state index in [0.29, 0.717) is 6.17 Å². The highest BCUT2D eigenvalue weighted by molar-refractivity contribution is 4.94. The van der Waals surface area contributed by atoms with E-state index in [2.05, 4.69) is 43.1 Å². The van der Waals surface area contributed by atoms with Crippen molar-refractivity contribution in [3.63, 3.8) is 0 Å². The van der Waals surface area contributed by atoms with Crippen molar-refractivity contribution in [3.8, 4) is 0 Å². The third-order valence-electron chi connectivity index (χ3n) is 4.28. The van der Waals surface area contributed by atoms with Crippen molar-refractivity contribution in [1.82, 2.24) is 9.80 Å². The summed E-state index contributed by atoms with van der Waals surface area (Å²) in [6.45, 7) is 5.66. The molecule has 0 aliphatic carbocycles. The van der Waals surface area contributed by atoms with Crippen molar-refractivity contribution in [1.29, 1.82) is 0 Å². The lowest BCUT2D eigenvalue weighted by molar-refractivity contribution is 0.167. The van der Waals surface area contributed by atoms with Crippen LogP contribution in [0.3, 0.4) is 0 Å². The normalized spacial score (nSPS) is 18.6. The molecule has 0 amide bonds. The van der Waals surface area contributed by atoms with Crippen molar-refractivity contribution < 1.29 is 0 Å². The third kappa shape index (κ3) is 6.35. The van der Waals surface area contributed by atoms with Crippen LogP contribution in [-0.4, -0.2) is 29.6 Å². The SMILES string of the molecule is CCCCCCCCCCCC1N(C)C=CN1CC. The fourth-order valence-electron chi connectivity index (χ4n) is 2.95. The van der Waals surface area contributed by atoms with E-state index in [-0.39, 0.29) is 0 Å². The smallest absolute Gasteiger partial charge is 0.100 e. The molecule has 0 aromatic rings. The summed E-state index contributed by atoms with van der Waals surface area (Å²) in [5, 5.41) is 0. The van der Waals surface area contributed by atoms with Gasteiger partial charge in [-0.3, -0.25) is 0 Å². The first-order valence-electron chi connectivity index (χ1n) is 8.45. The summed E-state index contributed by atoms with van der Waals surface area (Å²) in [5.74, 6) is 0. The minimum atomic E-state index is 0.620. The summed E-state index contributed by atoms with van der Waals surface area (Å²) in [4.78, 5) is 4.80. The predicted molar refractivity (Wildman–Crippen MR) is 84.9 cm³/mol. The Balaban J connectivity index is 1.93. The number of rotatable bonds is 11. The average molecular weight is 266 g/mol. The van der Waals surface area contributed by atoms with Crippen molar-refractivity contribution in [2.75, 3.05) is 13.6 Å². The Morgan fingerprint density at radius 2 is 1.37 bits per heavy atom. The molecule has 0 saturated heterocycles. The van der Waals surface area contributed by atoms with Crippen LogP contribution in [0.25, 0.3) is 0 Å². The number of hydrogen-bond acceptors (Lipinski definition) is 2. The highest BCUT2D eigenvalue weighted by Crippen LogP contribution is 2.19. The van der Waals surface area contributed by atoms with Gasteiger partial charge >= 0.3 is 0 Å². The maximum Gasteiger partial charge on any atom is 0.100 e. The van der Waals surface area contributed by atoms with Crippen LogP contribution in [0, 0.1) is 0 Å². The van der Waals surface area contributed by atoms with E-state index in [1.165, 1.54) is 64.2 Å². The summed E-state index contributed by atoms with van der Waals surface area (Å²) in [5.41, 5.74) is 0. The number of hydrogen-bond donors (Lipinski definition) is 0. The summed E-state index contributed by atoms with van der Waals surface area (Å²) < 4.78 is 0. The molecule has 1 heterocycles. The first-order chi connectivity index (χ1) is 9.29. The Morgan fingerprint density at radius 1 is 0.789 bits per heavy atom. The highest BCUT2D eigenvalue weighted by Gasteiger charge is 2.20. The summed E-state index contributed by atoms with van der Waals surface area (Å²) in [6, 6.07) is 0. The second-order valence-corrected chi connectivity index (χ2v) is 5.89. The first-order valence-corrected chi connectivity index (χ1v) is 8.45. The minimum absolute atomic E-state index is 0.620. The molecule has 0 radical (unpaired) electrons. The van der Waals surface area contributed by atoms with E-state index in [0.717, 1.165) is 6.54 Å². The quantitative estimate of drug-likeness (QED) is 0.487. The topological polar surface area (TPSA) is 6.48 Å². The van der Waals surface area contributed by atoms with Crippen LogP contribution in [0.5, 0.6) is 0 Å². The largest absolute Gasteiger partial charge is 0.359 e. The van der Waals surface area contributed by atoms with Crippen molar-refractivity contribution in [3.05, 3.63) is 12.4 Å². The summed E-state index contributed by atoms with van der Waals surface area (Å²) >= 11 is 0. The molecule has 0 spiro atoms. The predicted octanol–water partition coefficient (Wildman–Crippen LogP) is 4.97. The zero-order valence-corrected chi connectivity index (χ0v) is 13.4. The molecule has 112 valence electrons. The molecule has 0 bridgehead atoms. The fraction of sp³-hybridized carbons (Fsp3) is 0.882. The zero-order valence-electron chi connectivity index (χ0n) is 13.4. The average Bonchev–Trinajstić information content (AvgIpc) is 2.77. The van der Waals surface area contributed by atoms with Gasteiger partial charge in [-0.1, -0.05) is 58.3 Å². The number of unbranched alkanes of at least 4 members (excludes halogenated alkanes) is 8. The maximum atomic E-state index is 2.45. The fourth-order valence-corrected chi connectivity index (χ4v) is 2.95. The highest BCUT2D eigenvalue weighted by atomic mass is 15.4. The van der Waals surface area contributed by atoms with Crippen LogP contribution in [0.4, 0.5) is 0 Å². The van der Waals surface area contributed by atoms with Gasteiger partial charge in [0, 0.05) is 26.0 Å². The Bertz CT molecular complexity index is 237. The van der Waals surface area contributed by atoms with E-state index >= 15 is 0 Å². The molecule has 0 saturated carbocycles. The van der Waals surface area contributed by atoms with E-state index < -0.39 is 0 Å². The lowest BCUT2D eigenvalue weighted by Crippen LogP contribution is -2.36. The summed E-state index contributed by atoms with van der Waals surface area (Å²) in [6.07, 6.45) is 19.2. The van der Waals surface area contributed by atoms with Crippen LogP contribution in [0.1, 0.15) is 78.1 Å². The van der Waals surface area contributed by atoms with Crippen molar-refractivity contribution in [2.24, 2.45) is 0 Å². The molecule has 19 heavy (non-hydrogen) atoms. The zero-order chi connectivity index (χ0) is 13.9. The van der Waals surface area contributed by atoms with E-state index in [9.17, 15) is 0 Å². The van der Waals surface area contributed by atoms with E-state index in [1.807, 2.05) is 0 Å². The Morgan fingerprint density at radius 3 is 1.95 bits per heavy atom. The molecule has 1 unspecified atom stereocenters. The van der Waals surface area contributed by atoms with Crippen LogP contribution in [0.15, 0.2) is 12.4 Å². The Hall–Kier alpha value is -0.660. The maximum absolute atomic E-state index is 2.45. The van der Waals surface area contributed by atoms with Gasteiger partial charge in [0.25, 0.3) is 0 Å². The minimum Gasteiger partial charge on any atom is -0.359 e. The van der Waals surface area contributed by atoms with Gasteiger partial charge in [0.1, 0.15) is 6.17 Å². The van der Waals surface area contributed by atoms with Crippen LogP contribution in [0.2, 0.25) is 0 Å². The van der Waals surface area contributed by atoms with Crippen LogP contribution < -0.4 is 0 Å². The monoisotopic (exact) mass is 266 g/mol. The van der Waals surface area contributed by atoms with Crippen molar-refractivity contribution >= 4 is 0 Å². The molecule has 2 nitrogen and oxygen atoms in total. The lowest BCUT2D eigenvalue weighted by Gasteiger charge is -2.29. The van der Waals surface area contributed by atoms with Gasteiger partial charge in [0.2, 0.25) is 0 Å². The number of nitrogens with zero attached hydrogens (tertiary/aromatic N) is 2. The molecule has 1 rings (SSSR count). The molecule has 0 N–H and O–H groups in total. The van der Waals surface area contributed by atoms with E-state index in [4.69, 9.17) is 0 Å². The molecular weight excluding hydrogens is 232 g/mol. The van der Waals surface area contributed by atoms with Crippen molar-refractivity contribution in [2.45, 2.75) is 84.2 Å². The van der Waals surface area contributed by atoms with Crippen LogP contribution in [-0.2, 0) is 0 Å². The van der Waals surface area contributed by atoms with Gasteiger partial charge in [-0.15, -0.1) is 0 Å². The molecule has 0 fully saturated rings. The first kappa shape index (κ1) is 16.4. The van der Waals surface area contributed by atoms with Gasteiger partial charge in [0.05, 0.1) is 0 Å². The molecule has 0 aromatic heterocycles. The van der Waals surface area contributed by atoms with Crippen LogP contribution >= 0.6 is 0 Å². The van der Waals surface area contributed by atoms with E-state index in [1.54, 1.807) is 0 Å². The lowest BCUT2D eigenvalue weighted by atomic mass is 10.1. The molecule has 1 aliphatic rings. The molecule has 1 atom stereocenters. The van der Waals surface area contributed by atoms with Gasteiger partial charge in [-0.25, -0.2) is 0 Å². The summed E-state index contributed by atoms with van der Waals surface area (Å²) in [7, 11) is 2.20.